The van der Waals surface area contributed by atoms with Crippen LogP contribution in [0.4, 0.5) is 5.95 Å². The molecule has 138 valence electrons. The molecular formula is C19H29N3O3. The van der Waals surface area contributed by atoms with Crippen LogP contribution in [-0.4, -0.2) is 62.2 Å². The highest BCUT2D eigenvalue weighted by molar-refractivity contribution is 5.31. The smallest absolute Gasteiger partial charge is 0.225 e. The molecule has 0 saturated carbocycles. The Kier molecular flexibility index (Phi) is 5.48. The van der Waals surface area contributed by atoms with Crippen molar-refractivity contribution in [1.29, 1.82) is 0 Å². The number of hydrogen-bond acceptors (Lipinski definition) is 6. The lowest BCUT2D eigenvalue weighted by Crippen LogP contribution is -2.57. The summed E-state index contributed by atoms with van der Waals surface area (Å²) >= 11 is 0. The summed E-state index contributed by atoms with van der Waals surface area (Å²) in [6.45, 7) is 6.14. The Morgan fingerprint density at radius 3 is 2.84 bits per heavy atom. The second-order valence-corrected chi connectivity index (χ2v) is 7.66. The molecule has 3 saturated heterocycles. The van der Waals surface area contributed by atoms with Gasteiger partial charge in [-0.2, -0.15) is 0 Å². The van der Waals surface area contributed by atoms with E-state index < -0.39 is 0 Å². The van der Waals surface area contributed by atoms with Gasteiger partial charge in [-0.05, 0) is 44.1 Å². The summed E-state index contributed by atoms with van der Waals surface area (Å²) in [6, 6.07) is 1.87. The highest BCUT2D eigenvalue weighted by Gasteiger charge is 2.46. The molecule has 0 bridgehead atoms. The average Bonchev–Trinajstić information content (AvgIpc) is 2.69. The SMILES string of the molecule is c1cnc(N2CC[C@@H]3OCCC[C@@]3(COCC3CCOCC3)C2)nc1. The first-order valence-electron chi connectivity index (χ1n) is 9.65. The van der Waals surface area contributed by atoms with Crippen LogP contribution in [0.1, 0.15) is 32.1 Å². The molecule has 4 heterocycles. The molecule has 4 rings (SSSR count). The second-order valence-electron chi connectivity index (χ2n) is 7.66. The third kappa shape index (κ3) is 3.96. The molecule has 3 aliphatic rings. The molecule has 0 amide bonds. The van der Waals surface area contributed by atoms with E-state index in [1.807, 2.05) is 18.5 Å². The molecule has 3 fully saturated rings. The van der Waals surface area contributed by atoms with E-state index in [0.717, 1.165) is 84.2 Å². The van der Waals surface area contributed by atoms with Gasteiger partial charge in [0.1, 0.15) is 0 Å². The van der Waals surface area contributed by atoms with E-state index in [1.54, 1.807) is 0 Å². The molecule has 0 aromatic carbocycles. The highest BCUT2D eigenvalue weighted by atomic mass is 16.5. The Morgan fingerprint density at radius 2 is 2.00 bits per heavy atom. The minimum Gasteiger partial charge on any atom is -0.381 e. The van der Waals surface area contributed by atoms with E-state index in [-0.39, 0.29) is 5.41 Å². The maximum absolute atomic E-state index is 6.25. The zero-order chi connectivity index (χ0) is 17.0. The third-order valence-electron chi connectivity index (χ3n) is 5.91. The number of anilines is 1. The summed E-state index contributed by atoms with van der Waals surface area (Å²) < 4.78 is 17.8. The number of nitrogens with zero attached hydrogens (tertiary/aromatic N) is 3. The third-order valence-corrected chi connectivity index (χ3v) is 5.91. The standard InChI is InChI=1S/C19H29N3O3/c1-6-19(15-24-13-16-4-11-23-12-5-16)14-22(9-3-17(19)25-10-1)18-20-7-2-8-21-18/h2,7-8,16-17H,1,3-6,9-15H2/t17-,19-/m0/s1. The van der Waals surface area contributed by atoms with Gasteiger partial charge in [0.15, 0.2) is 0 Å². The molecule has 0 aliphatic carbocycles. The predicted molar refractivity (Wildman–Crippen MR) is 94.6 cm³/mol. The normalized spacial score (nSPS) is 30.9. The first-order chi connectivity index (χ1) is 12.4. The zero-order valence-electron chi connectivity index (χ0n) is 14.9. The molecule has 6 heteroatoms. The van der Waals surface area contributed by atoms with Crippen molar-refractivity contribution in [3.05, 3.63) is 18.5 Å². The largest absolute Gasteiger partial charge is 0.381 e. The molecule has 3 aliphatic heterocycles. The Morgan fingerprint density at radius 1 is 1.16 bits per heavy atom. The molecule has 6 nitrogen and oxygen atoms in total. The van der Waals surface area contributed by atoms with Crippen molar-refractivity contribution in [1.82, 2.24) is 9.97 Å². The zero-order valence-corrected chi connectivity index (χ0v) is 14.9. The fourth-order valence-electron chi connectivity index (χ4n) is 4.47. The number of fused-ring (bicyclic) bond motifs is 1. The van der Waals surface area contributed by atoms with Gasteiger partial charge in [-0.25, -0.2) is 9.97 Å². The molecule has 0 radical (unpaired) electrons. The summed E-state index contributed by atoms with van der Waals surface area (Å²) in [5, 5.41) is 0. The van der Waals surface area contributed by atoms with E-state index in [0.29, 0.717) is 12.0 Å². The first kappa shape index (κ1) is 17.2. The topological polar surface area (TPSA) is 56.7 Å². The molecular weight excluding hydrogens is 318 g/mol. The molecule has 0 unspecified atom stereocenters. The van der Waals surface area contributed by atoms with Gasteiger partial charge in [-0.15, -0.1) is 0 Å². The van der Waals surface area contributed by atoms with Gasteiger partial charge in [0.05, 0.1) is 12.7 Å². The van der Waals surface area contributed by atoms with E-state index in [1.165, 1.54) is 0 Å². The van der Waals surface area contributed by atoms with Gasteiger partial charge < -0.3 is 19.1 Å². The van der Waals surface area contributed by atoms with Gasteiger partial charge >= 0.3 is 0 Å². The van der Waals surface area contributed by atoms with Crippen molar-refractivity contribution in [3.63, 3.8) is 0 Å². The van der Waals surface area contributed by atoms with Gasteiger partial charge in [-0.1, -0.05) is 0 Å². The molecule has 1 aromatic rings. The van der Waals surface area contributed by atoms with Crippen molar-refractivity contribution < 1.29 is 14.2 Å². The number of aromatic nitrogens is 2. The van der Waals surface area contributed by atoms with Gasteiger partial charge in [0.25, 0.3) is 0 Å². The summed E-state index contributed by atoms with van der Waals surface area (Å²) in [4.78, 5) is 11.2. The van der Waals surface area contributed by atoms with E-state index in [2.05, 4.69) is 14.9 Å². The van der Waals surface area contributed by atoms with Crippen LogP contribution in [-0.2, 0) is 14.2 Å². The van der Waals surface area contributed by atoms with Crippen LogP contribution in [0.3, 0.4) is 0 Å². The fraction of sp³-hybridized carbons (Fsp3) is 0.789. The van der Waals surface area contributed by atoms with Crippen molar-refractivity contribution in [2.75, 3.05) is 51.0 Å². The number of ether oxygens (including phenoxy) is 3. The van der Waals surface area contributed by atoms with E-state index in [4.69, 9.17) is 14.2 Å². The average molecular weight is 347 g/mol. The maximum Gasteiger partial charge on any atom is 0.225 e. The quantitative estimate of drug-likeness (QED) is 0.815. The van der Waals surface area contributed by atoms with Crippen molar-refractivity contribution in [3.8, 4) is 0 Å². The Bertz CT molecular complexity index is 538. The number of piperidine rings is 1. The summed E-state index contributed by atoms with van der Waals surface area (Å²) in [5.74, 6) is 1.47. The Balaban J connectivity index is 1.40. The number of hydrogen-bond donors (Lipinski definition) is 0. The lowest BCUT2D eigenvalue weighted by atomic mass is 9.73. The van der Waals surface area contributed by atoms with Crippen LogP contribution in [0.25, 0.3) is 0 Å². The maximum atomic E-state index is 6.25. The van der Waals surface area contributed by atoms with Gasteiger partial charge in [0, 0.05) is 57.3 Å². The lowest BCUT2D eigenvalue weighted by Gasteiger charge is -2.50. The van der Waals surface area contributed by atoms with Crippen molar-refractivity contribution in [2.45, 2.75) is 38.2 Å². The van der Waals surface area contributed by atoms with Gasteiger partial charge in [-0.3, -0.25) is 0 Å². The molecule has 0 N–H and O–H groups in total. The van der Waals surface area contributed by atoms with Crippen LogP contribution in [0.5, 0.6) is 0 Å². The van der Waals surface area contributed by atoms with Crippen LogP contribution in [0.15, 0.2) is 18.5 Å². The Labute approximate surface area is 149 Å². The van der Waals surface area contributed by atoms with E-state index >= 15 is 0 Å². The molecule has 1 aromatic heterocycles. The molecule has 25 heavy (non-hydrogen) atoms. The van der Waals surface area contributed by atoms with Crippen molar-refractivity contribution >= 4 is 5.95 Å². The second kappa shape index (κ2) is 7.98. The van der Waals surface area contributed by atoms with Crippen LogP contribution in [0.2, 0.25) is 0 Å². The van der Waals surface area contributed by atoms with Crippen LogP contribution < -0.4 is 4.90 Å². The predicted octanol–water partition coefficient (Wildman–Crippen LogP) is 2.30. The number of rotatable bonds is 5. The summed E-state index contributed by atoms with van der Waals surface area (Å²) in [7, 11) is 0. The molecule has 2 atom stereocenters. The summed E-state index contributed by atoms with van der Waals surface area (Å²) in [5.41, 5.74) is 0.0703. The van der Waals surface area contributed by atoms with Crippen LogP contribution >= 0.6 is 0 Å². The van der Waals surface area contributed by atoms with Crippen molar-refractivity contribution in [2.24, 2.45) is 11.3 Å². The summed E-state index contributed by atoms with van der Waals surface area (Å²) in [6.07, 6.45) is 9.48. The van der Waals surface area contributed by atoms with E-state index in [9.17, 15) is 0 Å². The van der Waals surface area contributed by atoms with Gasteiger partial charge in [0.2, 0.25) is 5.95 Å². The Hall–Kier alpha value is -1.24. The van der Waals surface area contributed by atoms with Crippen LogP contribution in [0, 0.1) is 11.3 Å². The molecule has 0 spiro atoms. The highest BCUT2D eigenvalue weighted by Crippen LogP contribution is 2.41. The monoisotopic (exact) mass is 347 g/mol. The minimum atomic E-state index is 0.0703. The minimum absolute atomic E-state index is 0.0703. The first-order valence-corrected chi connectivity index (χ1v) is 9.65. The fourth-order valence-corrected chi connectivity index (χ4v) is 4.47. The lowest BCUT2D eigenvalue weighted by molar-refractivity contribution is -0.130.